The largest absolute Gasteiger partial charge is 0.488 e. The lowest BCUT2D eigenvalue weighted by Gasteiger charge is -2.29. The van der Waals surface area contributed by atoms with Crippen LogP contribution in [0.2, 0.25) is 10.0 Å². The Labute approximate surface area is 233 Å². The maximum absolute atomic E-state index is 13.4. The number of hydrogen-bond acceptors (Lipinski definition) is 4. The fourth-order valence-electron chi connectivity index (χ4n) is 3.20. The number of hydrogen-bond donors (Lipinski definition) is 1. The second-order valence-electron chi connectivity index (χ2n) is 7.13. The molecule has 34 heavy (non-hydrogen) atoms. The van der Waals surface area contributed by atoms with E-state index in [1.807, 2.05) is 30.3 Å². The minimum absolute atomic E-state index is 0.0826. The van der Waals surface area contributed by atoms with E-state index in [4.69, 9.17) is 40.2 Å². The van der Waals surface area contributed by atoms with Crippen molar-refractivity contribution in [3.05, 3.63) is 95.5 Å². The average Bonchev–Trinajstić information content (AvgIpc) is 2.80. The molecule has 0 saturated carbocycles. The summed E-state index contributed by atoms with van der Waals surface area (Å²) in [7, 11) is 0. The van der Waals surface area contributed by atoms with E-state index in [-0.39, 0.29) is 26.4 Å². The van der Waals surface area contributed by atoms with Gasteiger partial charge in [0.2, 0.25) is 0 Å². The number of anilines is 1. The van der Waals surface area contributed by atoms with Gasteiger partial charge in [-0.2, -0.15) is 0 Å². The molecule has 0 atom stereocenters. The van der Waals surface area contributed by atoms with Gasteiger partial charge in [-0.3, -0.25) is 19.8 Å². The third-order valence-electron chi connectivity index (χ3n) is 4.85. The molecule has 1 aliphatic rings. The molecule has 0 aromatic heterocycles. The number of nitrogens with one attached hydrogen (secondary N) is 1. The van der Waals surface area contributed by atoms with Crippen LogP contribution in [-0.2, 0) is 16.2 Å². The number of rotatable bonds is 5. The highest BCUT2D eigenvalue weighted by molar-refractivity contribution is 14.1. The van der Waals surface area contributed by atoms with Gasteiger partial charge < -0.3 is 4.74 Å². The zero-order chi connectivity index (χ0) is 24.4. The summed E-state index contributed by atoms with van der Waals surface area (Å²) in [6, 6.07) is 18.1. The number of nitrogens with zero attached hydrogens (tertiary/aromatic N) is 1. The Morgan fingerprint density at radius 3 is 2.56 bits per heavy atom. The van der Waals surface area contributed by atoms with Crippen LogP contribution in [0.15, 0.2) is 70.7 Å². The first kappa shape index (κ1) is 25.1. The molecule has 0 unspecified atom stereocenters. The van der Waals surface area contributed by atoms with Gasteiger partial charge in [-0.25, -0.2) is 0 Å². The summed E-state index contributed by atoms with van der Waals surface area (Å²) in [6.07, 6.45) is 1.47. The Hall–Kier alpha value is -1.98. The Morgan fingerprint density at radius 2 is 1.82 bits per heavy atom. The van der Waals surface area contributed by atoms with Gasteiger partial charge in [-0.15, -0.1) is 0 Å². The minimum Gasteiger partial charge on any atom is -0.488 e. The van der Waals surface area contributed by atoms with Gasteiger partial charge in [0.25, 0.3) is 11.8 Å². The van der Waals surface area contributed by atoms with Gasteiger partial charge in [0, 0.05) is 13.6 Å². The Morgan fingerprint density at radius 1 is 1.09 bits per heavy atom. The fraction of sp³-hybridized carbons (Fsp3) is 0.0417. The van der Waals surface area contributed by atoms with E-state index < -0.39 is 11.8 Å². The molecule has 0 spiro atoms. The lowest BCUT2D eigenvalue weighted by atomic mass is 10.1. The van der Waals surface area contributed by atoms with Crippen LogP contribution in [0, 0.1) is 3.57 Å². The Kier molecular flexibility index (Phi) is 7.94. The van der Waals surface area contributed by atoms with Crippen molar-refractivity contribution in [1.29, 1.82) is 0 Å². The van der Waals surface area contributed by atoms with Crippen molar-refractivity contribution in [2.45, 2.75) is 6.61 Å². The molecule has 10 heteroatoms. The van der Waals surface area contributed by atoms with Crippen molar-refractivity contribution >= 4 is 103 Å². The second-order valence-corrected chi connectivity index (χ2v) is 10.5. The molecule has 4 rings (SSSR count). The summed E-state index contributed by atoms with van der Waals surface area (Å²) < 4.78 is 7.89. The first-order valence-corrected chi connectivity index (χ1v) is 12.8. The Balaban J connectivity index is 1.69. The molecule has 172 valence electrons. The first-order chi connectivity index (χ1) is 16.2. The van der Waals surface area contributed by atoms with Crippen molar-refractivity contribution < 1.29 is 14.3 Å². The first-order valence-electron chi connectivity index (χ1n) is 9.77. The number of halogens is 4. The molecule has 1 heterocycles. The summed E-state index contributed by atoms with van der Waals surface area (Å²) in [4.78, 5) is 27.3. The van der Waals surface area contributed by atoms with Crippen LogP contribution in [0.3, 0.4) is 0 Å². The zero-order valence-corrected chi connectivity index (χ0v) is 23.2. The highest BCUT2D eigenvalue weighted by Crippen LogP contribution is 2.35. The van der Waals surface area contributed by atoms with Crippen LogP contribution in [0.5, 0.6) is 5.75 Å². The monoisotopic (exact) mass is 686 g/mol. The SMILES string of the molecule is O=C1NC(=S)N(c2cccc(Cl)c2Cl)C(=O)/C1=C/c1cc(Br)ccc1OCc1ccc(I)cc1. The van der Waals surface area contributed by atoms with Crippen LogP contribution in [0.25, 0.3) is 6.08 Å². The van der Waals surface area contributed by atoms with Gasteiger partial charge in [0.05, 0.1) is 15.7 Å². The van der Waals surface area contributed by atoms with Crippen molar-refractivity contribution in [2.24, 2.45) is 0 Å². The summed E-state index contributed by atoms with van der Waals surface area (Å²) in [6.45, 7) is 0.323. The van der Waals surface area contributed by atoms with Crippen LogP contribution in [0.1, 0.15) is 11.1 Å². The number of ether oxygens (including phenoxy) is 1. The van der Waals surface area contributed by atoms with Crippen LogP contribution < -0.4 is 15.0 Å². The molecule has 1 aliphatic heterocycles. The molecule has 0 aliphatic carbocycles. The summed E-state index contributed by atoms with van der Waals surface area (Å²) in [5, 5.41) is 2.88. The van der Waals surface area contributed by atoms with Gasteiger partial charge in [0.15, 0.2) is 5.11 Å². The van der Waals surface area contributed by atoms with Gasteiger partial charge in [-0.05, 0) is 88.9 Å². The number of thiocarbonyl (C=S) groups is 1. The normalized spacial score (nSPS) is 15.0. The quantitative estimate of drug-likeness (QED) is 0.139. The fourth-order valence-corrected chi connectivity index (χ4v) is 4.59. The molecule has 0 radical (unpaired) electrons. The molecule has 1 saturated heterocycles. The molecule has 3 aromatic carbocycles. The van der Waals surface area contributed by atoms with Crippen molar-refractivity contribution in [2.75, 3.05) is 4.90 Å². The van der Waals surface area contributed by atoms with Crippen LogP contribution in [0.4, 0.5) is 5.69 Å². The summed E-state index contributed by atoms with van der Waals surface area (Å²) >= 11 is 23.4. The molecule has 5 nitrogen and oxygen atoms in total. The van der Waals surface area contributed by atoms with Crippen molar-refractivity contribution in [1.82, 2.24) is 5.32 Å². The maximum atomic E-state index is 13.4. The summed E-state index contributed by atoms with van der Waals surface area (Å²) in [5.41, 5.74) is 1.69. The molecular formula is C24H14BrCl2IN2O3S. The standard InChI is InChI=1S/C24H14BrCl2IN2O3S/c25-15-6-9-20(33-12-13-4-7-16(28)8-5-13)14(10-15)11-17-22(31)29-24(34)30(23(17)32)19-3-1-2-18(26)21(19)27/h1-11H,12H2,(H,29,31,34)/b17-11+. The predicted molar refractivity (Wildman–Crippen MR) is 150 cm³/mol. The molecule has 1 N–H and O–H groups in total. The van der Waals surface area contributed by atoms with Gasteiger partial charge in [-0.1, -0.05) is 57.3 Å². The third-order valence-corrected chi connectivity index (χ3v) is 7.16. The van der Waals surface area contributed by atoms with Gasteiger partial charge >= 0.3 is 0 Å². The van der Waals surface area contributed by atoms with Crippen LogP contribution in [-0.4, -0.2) is 16.9 Å². The van der Waals surface area contributed by atoms with Crippen molar-refractivity contribution in [3.8, 4) is 5.75 Å². The van der Waals surface area contributed by atoms with E-state index in [2.05, 4.69) is 43.8 Å². The van der Waals surface area contributed by atoms with E-state index in [0.29, 0.717) is 17.9 Å². The highest BCUT2D eigenvalue weighted by atomic mass is 127. The smallest absolute Gasteiger partial charge is 0.270 e. The third kappa shape index (κ3) is 5.46. The Bertz CT molecular complexity index is 1350. The number of amides is 2. The van der Waals surface area contributed by atoms with E-state index in [1.54, 1.807) is 30.3 Å². The van der Waals surface area contributed by atoms with E-state index in [9.17, 15) is 9.59 Å². The van der Waals surface area contributed by atoms with Crippen molar-refractivity contribution in [3.63, 3.8) is 0 Å². The topological polar surface area (TPSA) is 58.6 Å². The predicted octanol–water partition coefficient (Wildman–Crippen LogP) is 6.77. The molecular weight excluding hydrogens is 674 g/mol. The number of carbonyl (C=O) groups excluding carboxylic acids is 2. The second kappa shape index (κ2) is 10.7. The lowest BCUT2D eigenvalue weighted by Crippen LogP contribution is -2.54. The molecule has 3 aromatic rings. The molecule has 1 fully saturated rings. The zero-order valence-electron chi connectivity index (χ0n) is 17.2. The highest BCUT2D eigenvalue weighted by Gasteiger charge is 2.36. The van der Waals surface area contributed by atoms with Crippen LogP contribution >= 0.6 is 73.9 Å². The molecule has 0 bridgehead atoms. The maximum Gasteiger partial charge on any atom is 0.270 e. The summed E-state index contributed by atoms with van der Waals surface area (Å²) in [5.74, 6) is -0.732. The van der Waals surface area contributed by atoms with E-state index in [1.165, 1.54) is 6.08 Å². The molecule has 2 amide bonds. The van der Waals surface area contributed by atoms with E-state index in [0.717, 1.165) is 18.5 Å². The number of benzene rings is 3. The lowest BCUT2D eigenvalue weighted by molar-refractivity contribution is -0.122. The minimum atomic E-state index is -0.624. The number of carbonyl (C=O) groups is 2. The average molecular weight is 688 g/mol. The van der Waals surface area contributed by atoms with E-state index >= 15 is 0 Å². The van der Waals surface area contributed by atoms with Gasteiger partial charge in [0.1, 0.15) is 17.9 Å².